The molecule has 3 aromatic heterocycles. The van der Waals surface area contributed by atoms with E-state index in [0.717, 1.165) is 50.1 Å². The van der Waals surface area contributed by atoms with Gasteiger partial charge in [-0.1, -0.05) is 146 Å². The Morgan fingerprint density at radius 2 is 1.00 bits per heavy atom. The van der Waals surface area contributed by atoms with Crippen molar-refractivity contribution < 1.29 is 4.42 Å². The van der Waals surface area contributed by atoms with Crippen LogP contribution in [0.5, 0.6) is 0 Å². The predicted octanol–water partition coefficient (Wildman–Crippen LogP) is 16.8. The molecule has 4 heteroatoms. The number of anilines is 3. The first-order chi connectivity index (χ1) is 28.8. The van der Waals surface area contributed by atoms with Crippen molar-refractivity contribution in [1.29, 1.82) is 0 Å². The summed E-state index contributed by atoms with van der Waals surface area (Å²) >= 11 is 3.74. The Balaban J connectivity index is 1.20. The van der Waals surface area contributed by atoms with Crippen LogP contribution in [0.3, 0.4) is 0 Å². The topological polar surface area (TPSA) is 16.4 Å². The van der Waals surface area contributed by atoms with E-state index in [4.69, 9.17) is 4.42 Å². The smallest absolute Gasteiger partial charge is 0.137 e. The molecule has 0 amide bonds. The lowest BCUT2D eigenvalue weighted by Crippen LogP contribution is -2.11. The van der Waals surface area contributed by atoms with Crippen LogP contribution in [0.1, 0.15) is 0 Å². The summed E-state index contributed by atoms with van der Waals surface area (Å²) in [6, 6.07) is 72.6. The zero-order chi connectivity index (χ0) is 38.2. The molecule has 0 radical (unpaired) electrons. The van der Waals surface area contributed by atoms with Gasteiger partial charge in [-0.25, -0.2) is 0 Å². The van der Waals surface area contributed by atoms with Gasteiger partial charge < -0.3 is 9.32 Å². The number of furan rings is 1. The molecule has 0 aliphatic carbocycles. The molecule has 0 saturated carbocycles. The summed E-state index contributed by atoms with van der Waals surface area (Å²) in [5.74, 6) is 0. The van der Waals surface area contributed by atoms with Crippen molar-refractivity contribution in [1.82, 2.24) is 0 Å². The third-order valence-electron chi connectivity index (χ3n) is 11.5. The van der Waals surface area contributed by atoms with Crippen LogP contribution in [0, 0.1) is 0 Å². The van der Waals surface area contributed by atoms with Crippen LogP contribution < -0.4 is 4.90 Å². The molecule has 0 N–H and O–H groups in total. The second kappa shape index (κ2) is 13.3. The van der Waals surface area contributed by atoms with E-state index in [2.05, 4.69) is 205 Å². The highest BCUT2D eigenvalue weighted by Crippen LogP contribution is 2.52. The minimum absolute atomic E-state index is 0.864. The molecular weight excluding hydrogens is 743 g/mol. The van der Waals surface area contributed by atoms with Gasteiger partial charge in [-0.05, 0) is 88.0 Å². The van der Waals surface area contributed by atoms with Crippen LogP contribution in [0.25, 0.3) is 95.7 Å². The Kier molecular flexibility index (Phi) is 7.62. The molecule has 0 fully saturated rings. The molecule has 0 aliphatic heterocycles. The van der Waals surface area contributed by atoms with Gasteiger partial charge in [0.15, 0.2) is 0 Å². The Morgan fingerprint density at radius 3 is 1.79 bits per heavy atom. The largest absolute Gasteiger partial charge is 0.456 e. The van der Waals surface area contributed by atoms with Crippen molar-refractivity contribution in [3.05, 3.63) is 200 Å². The van der Waals surface area contributed by atoms with E-state index < -0.39 is 0 Å². The van der Waals surface area contributed by atoms with E-state index in [9.17, 15) is 0 Å². The molecule has 0 aliphatic rings. The fraction of sp³-hybridized carbons (Fsp3) is 0. The lowest BCUT2D eigenvalue weighted by molar-refractivity contribution is 0.669. The summed E-state index contributed by atoms with van der Waals surface area (Å²) < 4.78 is 11.9. The summed E-state index contributed by atoms with van der Waals surface area (Å²) in [5.41, 5.74) is 12.3. The van der Waals surface area contributed by atoms with Crippen molar-refractivity contribution in [3.63, 3.8) is 0 Å². The van der Waals surface area contributed by atoms with E-state index in [1.54, 1.807) is 0 Å². The van der Waals surface area contributed by atoms with Gasteiger partial charge in [0.25, 0.3) is 0 Å². The maximum absolute atomic E-state index is 6.74. The predicted molar refractivity (Wildman–Crippen MR) is 250 cm³/mol. The lowest BCUT2D eigenvalue weighted by Gasteiger charge is -2.28. The van der Waals surface area contributed by atoms with Gasteiger partial charge >= 0.3 is 0 Å². The number of nitrogens with zero attached hydrogens (tertiary/aromatic N) is 1. The van der Waals surface area contributed by atoms with Gasteiger partial charge in [-0.15, -0.1) is 22.7 Å². The highest BCUT2D eigenvalue weighted by Gasteiger charge is 2.26. The molecule has 0 unspecified atom stereocenters. The Morgan fingerprint density at radius 1 is 0.345 bits per heavy atom. The molecule has 3 heterocycles. The standard InChI is InChI=1S/C54H33NOS2/c1-4-14-34(15-5-1)37-26-28-42-50(32-37)58-54-40(36-18-8-3-9-19-36)29-30-45(51(42)54)55(38-27-31-49-43(33-38)41-20-10-11-25-48(41)57-49)44-22-13-24-47-53(44)52-39(21-12-23-46(52)56-47)35-16-6-2-7-17-35/h1-33H. The normalized spacial score (nSPS) is 11.8. The molecule has 58 heavy (non-hydrogen) atoms. The van der Waals surface area contributed by atoms with Crippen molar-refractivity contribution in [2.45, 2.75) is 0 Å². The zero-order valence-corrected chi connectivity index (χ0v) is 32.9. The molecule has 12 rings (SSSR count). The summed E-state index contributed by atoms with van der Waals surface area (Å²) in [5, 5.41) is 7.24. The van der Waals surface area contributed by atoms with Crippen molar-refractivity contribution in [3.8, 4) is 33.4 Å². The number of benzene rings is 9. The second-order valence-electron chi connectivity index (χ2n) is 14.8. The highest BCUT2D eigenvalue weighted by molar-refractivity contribution is 7.26. The Labute approximate surface area is 343 Å². The minimum Gasteiger partial charge on any atom is -0.456 e. The van der Waals surface area contributed by atoms with Gasteiger partial charge in [0.1, 0.15) is 11.2 Å². The van der Waals surface area contributed by atoms with Crippen LogP contribution >= 0.6 is 22.7 Å². The quantitative estimate of drug-likeness (QED) is 0.167. The summed E-state index contributed by atoms with van der Waals surface area (Å²) in [4.78, 5) is 2.50. The zero-order valence-electron chi connectivity index (χ0n) is 31.2. The second-order valence-corrected chi connectivity index (χ2v) is 16.9. The van der Waals surface area contributed by atoms with Crippen molar-refractivity contribution in [2.24, 2.45) is 0 Å². The van der Waals surface area contributed by atoms with Crippen LogP contribution in [0.15, 0.2) is 205 Å². The molecule has 2 nitrogen and oxygen atoms in total. The molecule has 0 atom stereocenters. The minimum atomic E-state index is 0.864. The van der Waals surface area contributed by atoms with Crippen molar-refractivity contribution >= 4 is 102 Å². The Hall–Kier alpha value is -6.98. The molecule has 0 bridgehead atoms. The fourth-order valence-corrected chi connectivity index (χ4v) is 11.2. The molecule has 272 valence electrons. The third kappa shape index (κ3) is 5.23. The third-order valence-corrected chi connectivity index (χ3v) is 13.8. The van der Waals surface area contributed by atoms with Gasteiger partial charge in [0.2, 0.25) is 0 Å². The number of thiophene rings is 2. The highest BCUT2D eigenvalue weighted by atomic mass is 32.1. The van der Waals surface area contributed by atoms with Crippen LogP contribution in [0.2, 0.25) is 0 Å². The van der Waals surface area contributed by atoms with Gasteiger partial charge in [0, 0.05) is 51.4 Å². The van der Waals surface area contributed by atoms with E-state index in [1.165, 1.54) is 62.6 Å². The number of hydrogen-bond donors (Lipinski definition) is 0. The maximum Gasteiger partial charge on any atom is 0.137 e. The molecule has 12 aromatic rings. The van der Waals surface area contributed by atoms with Gasteiger partial charge in [-0.2, -0.15) is 0 Å². The van der Waals surface area contributed by atoms with E-state index >= 15 is 0 Å². The maximum atomic E-state index is 6.74. The fourth-order valence-electron chi connectivity index (χ4n) is 8.86. The van der Waals surface area contributed by atoms with Gasteiger partial charge in [0.05, 0.1) is 16.8 Å². The molecule has 0 spiro atoms. The van der Waals surface area contributed by atoms with E-state index in [0.29, 0.717) is 0 Å². The first-order valence-electron chi connectivity index (χ1n) is 19.6. The average molecular weight is 776 g/mol. The number of rotatable bonds is 6. The monoisotopic (exact) mass is 775 g/mol. The van der Waals surface area contributed by atoms with Gasteiger partial charge in [-0.3, -0.25) is 0 Å². The van der Waals surface area contributed by atoms with Crippen molar-refractivity contribution in [2.75, 3.05) is 4.90 Å². The first-order valence-corrected chi connectivity index (χ1v) is 21.2. The van der Waals surface area contributed by atoms with E-state index in [1.807, 2.05) is 22.7 Å². The molecule has 0 saturated heterocycles. The van der Waals surface area contributed by atoms with Crippen LogP contribution in [-0.2, 0) is 0 Å². The van der Waals surface area contributed by atoms with E-state index in [-0.39, 0.29) is 0 Å². The lowest BCUT2D eigenvalue weighted by atomic mass is 9.97. The average Bonchev–Trinajstić information content (AvgIpc) is 3.99. The summed E-state index contributed by atoms with van der Waals surface area (Å²) in [7, 11) is 0. The summed E-state index contributed by atoms with van der Waals surface area (Å²) in [6.45, 7) is 0. The SMILES string of the molecule is c1ccc(-c2ccc3c(c2)sc2c(-c4ccccc4)ccc(N(c4ccc5sc6ccccc6c5c4)c4cccc5oc6cccc(-c7ccccc7)c6c45)c23)cc1. The Bertz CT molecular complexity index is 3510. The molecule has 9 aromatic carbocycles. The first kappa shape index (κ1) is 33.2. The summed E-state index contributed by atoms with van der Waals surface area (Å²) in [6.07, 6.45) is 0. The molecular formula is C54H33NOS2. The van der Waals surface area contributed by atoms with Crippen LogP contribution in [0.4, 0.5) is 17.1 Å². The van der Waals surface area contributed by atoms with Crippen LogP contribution in [-0.4, -0.2) is 0 Å². The number of fused-ring (bicyclic) bond motifs is 9. The number of hydrogen-bond acceptors (Lipinski definition) is 4.